The van der Waals surface area contributed by atoms with E-state index in [2.05, 4.69) is 20.7 Å². The van der Waals surface area contributed by atoms with Crippen LogP contribution in [0.5, 0.6) is 0 Å². The highest BCUT2D eigenvalue weighted by molar-refractivity contribution is 9.10. The molecule has 0 aliphatic heterocycles. The van der Waals surface area contributed by atoms with Gasteiger partial charge in [0.1, 0.15) is 11.6 Å². The zero-order valence-electron chi connectivity index (χ0n) is 10.8. The van der Waals surface area contributed by atoms with E-state index >= 15 is 0 Å². The lowest BCUT2D eigenvalue weighted by molar-refractivity contribution is 0.595. The van der Waals surface area contributed by atoms with Crippen LogP contribution >= 0.6 is 15.9 Å². The van der Waals surface area contributed by atoms with Crippen molar-refractivity contribution in [3.63, 3.8) is 0 Å². The number of anilines is 2. The number of halogens is 3. The van der Waals surface area contributed by atoms with Crippen LogP contribution in [0.2, 0.25) is 0 Å². The lowest BCUT2D eigenvalue weighted by atomic mass is 10.2. The zero-order valence-corrected chi connectivity index (χ0v) is 13.2. The van der Waals surface area contributed by atoms with Crippen LogP contribution in [-0.2, 0) is 10.0 Å². The Bertz CT molecular complexity index is 790. The van der Waals surface area contributed by atoms with E-state index in [0.29, 0.717) is 5.56 Å². The average Bonchev–Trinajstić information content (AvgIpc) is 2.34. The predicted molar refractivity (Wildman–Crippen MR) is 80.5 cm³/mol. The highest BCUT2D eigenvalue weighted by Gasteiger charge is 2.18. The quantitative estimate of drug-likeness (QED) is 0.806. The summed E-state index contributed by atoms with van der Waals surface area (Å²) >= 11 is 3.01. The molecular weight excluding hydrogens is 366 g/mol. The molecule has 0 saturated heterocycles. The van der Waals surface area contributed by atoms with E-state index in [0.717, 1.165) is 24.3 Å². The number of hydrogen-bond acceptors (Lipinski definition) is 3. The minimum atomic E-state index is -4.06. The minimum absolute atomic E-state index is 0.0194. The molecule has 0 atom stereocenters. The van der Waals surface area contributed by atoms with E-state index in [4.69, 9.17) is 5.73 Å². The first kappa shape index (κ1) is 15.7. The minimum Gasteiger partial charge on any atom is -0.399 e. The van der Waals surface area contributed by atoms with Crippen LogP contribution in [-0.4, -0.2) is 8.42 Å². The summed E-state index contributed by atoms with van der Waals surface area (Å²) in [6.07, 6.45) is 0. The molecule has 0 bridgehead atoms. The highest BCUT2D eigenvalue weighted by Crippen LogP contribution is 2.26. The van der Waals surface area contributed by atoms with Gasteiger partial charge in [0, 0.05) is 5.69 Å². The van der Waals surface area contributed by atoms with Crippen LogP contribution in [0.25, 0.3) is 0 Å². The maximum Gasteiger partial charge on any atom is 0.262 e. The first-order valence-electron chi connectivity index (χ1n) is 5.73. The molecule has 0 unspecified atom stereocenters. The molecule has 0 spiro atoms. The Balaban J connectivity index is 2.44. The third-order valence-corrected chi connectivity index (χ3v) is 4.67. The molecule has 3 N–H and O–H groups in total. The molecule has 8 heteroatoms. The molecule has 0 radical (unpaired) electrons. The Morgan fingerprint density at radius 3 is 2.43 bits per heavy atom. The molecule has 2 rings (SSSR count). The van der Waals surface area contributed by atoms with Gasteiger partial charge in [0.25, 0.3) is 10.0 Å². The summed E-state index contributed by atoms with van der Waals surface area (Å²) in [5.74, 6) is -1.38. The number of nitrogens with two attached hydrogens (primary N) is 1. The molecule has 0 heterocycles. The molecule has 2 aromatic carbocycles. The topological polar surface area (TPSA) is 72.2 Å². The van der Waals surface area contributed by atoms with Crippen molar-refractivity contribution in [1.82, 2.24) is 0 Å². The molecule has 21 heavy (non-hydrogen) atoms. The van der Waals surface area contributed by atoms with Gasteiger partial charge in [0.05, 0.1) is 15.1 Å². The molecule has 0 aliphatic carbocycles. The normalized spacial score (nSPS) is 11.4. The number of sulfonamides is 1. The SMILES string of the molecule is Cc1cc(Br)c(F)cc1NS(=O)(=O)c1cc(N)cc(F)c1. The summed E-state index contributed by atoms with van der Waals surface area (Å²) in [6, 6.07) is 5.44. The summed E-state index contributed by atoms with van der Waals surface area (Å²) < 4.78 is 53.6. The van der Waals surface area contributed by atoms with Crippen molar-refractivity contribution in [3.8, 4) is 0 Å². The second-order valence-electron chi connectivity index (χ2n) is 4.41. The molecule has 0 saturated carbocycles. The van der Waals surface area contributed by atoms with Gasteiger partial charge in [0.15, 0.2) is 0 Å². The Labute approximate surface area is 129 Å². The summed E-state index contributed by atoms with van der Waals surface area (Å²) in [5, 5.41) is 0. The van der Waals surface area contributed by atoms with E-state index in [1.54, 1.807) is 6.92 Å². The molecule has 0 amide bonds. The van der Waals surface area contributed by atoms with E-state index in [-0.39, 0.29) is 20.7 Å². The Morgan fingerprint density at radius 2 is 1.81 bits per heavy atom. The van der Waals surface area contributed by atoms with Gasteiger partial charge < -0.3 is 5.73 Å². The Kier molecular flexibility index (Phi) is 4.20. The summed E-state index contributed by atoms with van der Waals surface area (Å²) in [6.45, 7) is 1.61. The molecule has 0 aliphatic rings. The summed E-state index contributed by atoms with van der Waals surface area (Å²) in [5.41, 5.74) is 5.98. The second kappa shape index (κ2) is 5.61. The van der Waals surface area contributed by atoms with Gasteiger partial charge in [-0.15, -0.1) is 0 Å². The maximum absolute atomic E-state index is 13.5. The lowest BCUT2D eigenvalue weighted by Crippen LogP contribution is -2.14. The van der Waals surface area contributed by atoms with E-state index in [1.165, 1.54) is 6.07 Å². The smallest absolute Gasteiger partial charge is 0.262 e. The van der Waals surface area contributed by atoms with Gasteiger partial charge in [-0.25, -0.2) is 17.2 Å². The third kappa shape index (κ3) is 3.51. The van der Waals surface area contributed by atoms with Crippen LogP contribution in [0.4, 0.5) is 20.2 Å². The Morgan fingerprint density at radius 1 is 1.14 bits per heavy atom. The summed E-state index contributed by atoms with van der Waals surface area (Å²) in [4.78, 5) is -0.331. The molecule has 112 valence electrons. The molecule has 2 aromatic rings. The van der Waals surface area contributed by atoms with Crippen LogP contribution in [0, 0.1) is 18.6 Å². The monoisotopic (exact) mass is 376 g/mol. The largest absolute Gasteiger partial charge is 0.399 e. The number of nitrogen functional groups attached to an aromatic ring is 1. The van der Waals surface area contributed by atoms with Crippen molar-refractivity contribution in [2.75, 3.05) is 10.5 Å². The maximum atomic E-state index is 13.5. The van der Waals surface area contributed by atoms with Crippen LogP contribution in [0.15, 0.2) is 39.7 Å². The fourth-order valence-electron chi connectivity index (χ4n) is 1.70. The van der Waals surface area contributed by atoms with Crippen molar-refractivity contribution in [3.05, 3.63) is 52.0 Å². The number of benzene rings is 2. The number of aryl methyl sites for hydroxylation is 1. The van der Waals surface area contributed by atoms with Crippen molar-refractivity contribution in [2.45, 2.75) is 11.8 Å². The number of hydrogen-bond donors (Lipinski definition) is 2. The predicted octanol–water partition coefficient (Wildman–Crippen LogP) is 3.42. The summed E-state index contributed by atoms with van der Waals surface area (Å²) in [7, 11) is -4.06. The highest BCUT2D eigenvalue weighted by atomic mass is 79.9. The fourth-order valence-corrected chi connectivity index (χ4v) is 3.34. The van der Waals surface area contributed by atoms with Crippen molar-refractivity contribution in [1.29, 1.82) is 0 Å². The van der Waals surface area contributed by atoms with Crippen LogP contribution < -0.4 is 10.5 Å². The number of rotatable bonds is 3. The van der Waals surface area contributed by atoms with Crippen molar-refractivity contribution < 1.29 is 17.2 Å². The molecule has 4 nitrogen and oxygen atoms in total. The molecule has 0 fully saturated rings. The second-order valence-corrected chi connectivity index (χ2v) is 6.94. The third-order valence-electron chi connectivity index (χ3n) is 2.72. The van der Waals surface area contributed by atoms with Gasteiger partial charge in [-0.3, -0.25) is 4.72 Å². The van der Waals surface area contributed by atoms with Gasteiger partial charge in [-0.05, 0) is 58.7 Å². The molecular formula is C13H11BrF2N2O2S. The fraction of sp³-hybridized carbons (Fsp3) is 0.0769. The van der Waals surface area contributed by atoms with E-state index in [9.17, 15) is 17.2 Å². The van der Waals surface area contributed by atoms with E-state index in [1.807, 2.05) is 0 Å². The first-order chi connectivity index (χ1) is 9.69. The van der Waals surface area contributed by atoms with Crippen LogP contribution in [0.3, 0.4) is 0 Å². The number of nitrogens with one attached hydrogen (secondary N) is 1. The van der Waals surface area contributed by atoms with Crippen LogP contribution in [0.1, 0.15) is 5.56 Å². The average molecular weight is 377 g/mol. The zero-order chi connectivity index (χ0) is 15.8. The van der Waals surface area contributed by atoms with Gasteiger partial charge in [-0.2, -0.15) is 0 Å². The van der Waals surface area contributed by atoms with Gasteiger partial charge in [-0.1, -0.05) is 0 Å². The van der Waals surface area contributed by atoms with E-state index < -0.39 is 21.7 Å². The van der Waals surface area contributed by atoms with Gasteiger partial charge in [0.2, 0.25) is 0 Å². The first-order valence-corrected chi connectivity index (χ1v) is 8.01. The molecule has 0 aromatic heterocycles. The Hall–Kier alpha value is -1.67. The standard InChI is InChI=1S/C13H11BrF2N2O2S/c1-7-2-11(14)12(16)6-13(7)18-21(19,20)10-4-8(15)3-9(17)5-10/h2-6,18H,17H2,1H3. The lowest BCUT2D eigenvalue weighted by Gasteiger charge is -2.12. The van der Waals surface area contributed by atoms with Crippen molar-refractivity contribution in [2.24, 2.45) is 0 Å². The van der Waals surface area contributed by atoms with Gasteiger partial charge >= 0.3 is 0 Å². The van der Waals surface area contributed by atoms with Crippen molar-refractivity contribution >= 4 is 37.3 Å².